The van der Waals surface area contributed by atoms with Crippen LogP contribution in [0.2, 0.25) is 0 Å². The summed E-state index contributed by atoms with van der Waals surface area (Å²) in [4.78, 5) is 30.0. The Morgan fingerprint density at radius 2 is 1.85 bits per heavy atom. The van der Waals surface area contributed by atoms with Crippen molar-refractivity contribution in [1.82, 2.24) is 9.80 Å². The molecule has 1 N–H and O–H groups in total. The zero-order valence-electron chi connectivity index (χ0n) is 20.7. The Hall–Kier alpha value is -3.12. The molecule has 2 aromatic rings. The second-order valence-electron chi connectivity index (χ2n) is 9.93. The fourth-order valence-corrected chi connectivity index (χ4v) is 4.80. The van der Waals surface area contributed by atoms with Crippen molar-refractivity contribution in [2.75, 3.05) is 27.2 Å². The molecule has 0 radical (unpaired) electrons. The lowest BCUT2D eigenvalue weighted by molar-refractivity contribution is -0.139. The average molecular weight is 463 g/mol. The number of carbonyl (C=O) groups excluding carboxylic acids is 2. The predicted octanol–water partition coefficient (Wildman–Crippen LogP) is 4.51. The van der Waals surface area contributed by atoms with E-state index in [4.69, 9.17) is 4.74 Å². The topological polar surface area (TPSA) is 70.1 Å². The van der Waals surface area contributed by atoms with E-state index in [1.807, 2.05) is 57.4 Å². The molecule has 0 spiro atoms. The van der Waals surface area contributed by atoms with Gasteiger partial charge in [-0.1, -0.05) is 38.1 Å². The van der Waals surface area contributed by atoms with E-state index < -0.39 is 17.7 Å². The van der Waals surface area contributed by atoms with Gasteiger partial charge in [-0.15, -0.1) is 0 Å². The molecule has 0 aliphatic carbocycles. The van der Waals surface area contributed by atoms with Gasteiger partial charge in [0.1, 0.15) is 17.6 Å². The van der Waals surface area contributed by atoms with E-state index in [1.54, 1.807) is 11.0 Å². The maximum Gasteiger partial charge on any atom is 0.295 e. The van der Waals surface area contributed by atoms with Gasteiger partial charge in [-0.2, -0.15) is 0 Å². The lowest BCUT2D eigenvalue weighted by atomic mass is 9.92. The second kappa shape index (κ2) is 9.63. The monoisotopic (exact) mass is 462 g/mol. The van der Waals surface area contributed by atoms with Crippen molar-refractivity contribution in [2.24, 2.45) is 0 Å². The van der Waals surface area contributed by atoms with Crippen LogP contribution in [-0.4, -0.2) is 59.9 Å². The summed E-state index contributed by atoms with van der Waals surface area (Å²) in [5.41, 5.74) is 3.69. The highest BCUT2D eigenvalue weighted by atomic mass is 16.5. The Bertz CT molecular complexity index is 1120. The number of ketones is 1. The number of aliphatic hydroxyl groups excluding tert-OH is 1. The Kier molecular flexibility index (Phi) is 6.80. The quantitative estimate of drug-likeness (QED) is 0.373. The summed E-state index contributed by atoms with van der Waals surface area (Å²) in [7, 11) is 3.96. The SMILES string of the molecule is CC(C)c1ccc([C@H]2C(=C(O)c3ccc4c(c3)C[C@@H](C)O4)C(=O)C(=O)N2CCCN(C)C)cc1. The summed E-state index contributed by atoms with van der Waals surface area (Å²) in [6.07, 6.45) is 1.55. The number of aliphatic hydroxyl groups is 1. The van der Waals surface area contributed by atoms with Gasteiger partial charge >= 0.3 is 0 Å². The smallest absolute Gasteiger partial charge is 0.295 e. The number of hydrogen-bond donors (Lipinski definition) is 1. The molecule has 34 heavy (non-hydrogen) atoms. The number of likely N-dealkylation sites (tertiary alicyclic amines) is 1. The Balaban J connectivity index is 1.77. The molecule has 0 unspecified atom stereocenters. The highest BCUT2D eigenvalue weighted by molar-refractivity contribution is 6.46. The number of amides is 1. The van der Waals surface area contributed by atoms with Gasteiger partial charge < -0.3 is 19.6 Å². The molecule has 1 fully saturated rings. The fourth-order valence-electron chi connectivity index (χ4n) is 4.80. The Labute approximate surface area is 201 Å². The summed E-state index contributed by atoms with van der Waals surface area (Å²) in [6.45, 7) is 7.48. The maximum atomic E-state index is 13.2. The van der Waals surface area contributed by atoms with Crippen LogP contribution in [-0.2, 0) is 16.0 Å². The summed E-state index contributed by atoms with van der Waals surface area (Å²) < 4.78 is 5.78. The standard InChI is InChI=1S/C28H34N2O4/c1-17(2)19-7-9-20(10-8-19)25-24(27(32)28(33)30(25)14-6-13-29(4)5)26(31)21-11-12-23-22(16-21)15-18(3)34-23/h7-12,16-18,25,31H,6,13-15H2,1-5H3/t18-,25+/m1/s1. The molecular weight excluding hydrogens is 428 g/mol. The number of Topliss-reactive ketones (excluding diaryl/α,β-unsaturated/α-hetero) is 1. The van der Waals surface area contributed by atoms with Crippen LogP contribution in [0, 0.1) is 0 Å². The summed E-state index contributed by atoms with van der Waals surface area (Å²) in [6, 6.07) is 12.8. The highest BCUT2D eigenvalue weighted by Gasteiger charge is 2.45. The zero-order valence-corrected chi connectivity index (χ0v) is 20.7. The fraction of sp³-hybridized carbons (Fsp3) is 0.429. The van der Waals surface area contributed by atoms with Crippen molar-refractivity contribution < 1.29 is 19.4 Å². The van der Waals surface area contributed by atoms with Gasteiger partial charge in [0, 0.05) is 18.5 Å². The molecular formula is C28H34N2O4. The molecule has 4 rings (SSSR count). The molecule has 0 bridgehead atoms. The first kappa shape index (κ1) is 24.0. The number of hydrogen-bond acceptors (Lipinski definition) is 5. The van der Waals surface area contributed by atoms with Gasteiger partial charge in [-0.25, -0.2) is 0 Å². The third-order valence-corrected chi connectivity index (χ3v) is 6.63. The Morgan fingerprint density at radius 1 is 1.15 bits per heavy atom. The van der Waals surface area contributed by atoms with Crippen LogP contribution in [0.25, 0.3) is 5.76 Å². The largest absolute Gasteiger partial charge is 0.507 e. The molecule has 2 aliphatic rings. The predicted molar refractivity (Wildman–Crippen MR) is 133 cm³/mol. The van der Waals surface area contributed by atoms with Gasteiger partial charge in [0.2, 0.25) is 0 Å². The first-order chi connectivity index (χ1) is 16.2. The number of ether oxygens (including phenoxy) is 1. The van der Waals surface area contributed by atoms with E-state index in [0.29, 0.717) is 18.0 Å². The minimum absolute atomic E-state index is 0.0779. The van der Waals surface area contributed by atoms with E-state index in [1.165, 1.54) is 5.56 Å². The number of rotatable bonds is 7. The molecule has 2 aromatic carbocycles. The van der Waals surface area contributed by atoms with Crippen LogP contribution in [0.4, 0.5) is 0 Å². The second-order valence-corrected chi connectivity index (χ2v) is 9.93. The van der Waals surface area contributed by atoms with Crippen LogP contribution >= 0.6 is 0 Å². The van der Waals surface area contributed by atoms with E-state index in [2.05, 4.69) is 18.7 Å². The van der Waals surface area contributed by atoms with Crippen molar-refractivity contribution in [3.63, 3.8) is 0 Å². The molecule has 180 valence electrons. The highest BCUT2D eigenvalue weighted by Crippen LogP contribution is 2.41. The number of benzene rings is 2. The van der Waals surface area contributed by atoms with Gasteiger partial charge in [-0.05, 0) is 74.8 Å². The van der Waals surface area contributed by atoms with Crippen molar-refractivity contribution in [1.29, 1.82) is 0 Å². The van der Waals surface area contributed by atoms with E-state index in [0.717, 1.165) is 36.3 Å². The summed E-state index contributed by atoms with van der Waals surface area (Å²) >= 11 is 0. The average Bonchev–Trinajstić information content (AvgIpc) is 3.29. The van der Waals surface area contributed by atoms with E-state index in [-0.39, 0.29) is 17.4 Å². The van der Waals surface area contributed by atoms with Crippen molar-refractivity contribution in [3.05, 3.63) is 70.3 Å². The first-order valence-corrected chi connectivity index (χ1v) is 12.0. The van der Waals surface area contributed by atoms with Crippen LogP contribution in [0.15, 0.2) is 48.0 Å². The van der Waals surface area contributed by atoms with Crippen LogP contribution < -0.4 is 4.74 Å². The van der Waals surface area contributed by atoms with Crippen LogP contribution in [0.3, 0.4) is 0 Å². The van der Waals surface area contributed by atoms with Crippen LogP contribution in [0.5, 0.6) is 5.75 Å². The van der Waals surface area contributed by atoms with Crippen molar-refractivity contribution in [2.45, 2.75) is 51.7 Å². The molecule has 2 aliphatic heterocycles. The lowest BCUT2D eigenvalue weighted by Crippen LogP contribution is -2.32. The third kappa shape index (κ3) is 4.60. The molecule has 1 saturated heterocycles. The molecule has 1 amide bonds. The lowest BCUT2D eigenvalue weighted by Gasteiger charge is -2.26. The zero-order chi connectivity index (χ0) is 24.6. The Morgan fingerprint density at radius 3 is 2.50 bits per heavy atom. The van der Waals surface area contributed by atoms with Gasteiger partial charge in [-0.3, -0.25) is 9.59 Å². The number of carbonyl (C=O) groups is 2. The summed E-state index contributed by atoms with van der Waals surface area (Å²) in [5.74, 6) is -0.152. The molecule has 6 heteroatoms. The number of nitrogens with zero attached hydrogens (tertiary/aromatic N) is 2. The van der Waals surface area contributed by atoms with Crippen LogP contribution in [0.1, 0.15) is 61.4 Å². The molecule has 2 atom stereocenters. The molecule has 0 saturated carbocycles. The molecule has 0 aromatic heterocycles. The van der Waals surface area contributed by atoms with Gasteiger partial charge in [0.25, 0.3) is 11.7 Å². The van der Waals surface area contributed by atoms with Gasteiger partial charge in [0.05, 0.1) is 11.6 Å². The van der Waals surface area contributed by atoms with Gasteiger partial charge in [0.15, 0.2) is 0 Å². The van der Waals surface area contributed by atoms with Crippen molar-refractivity contribution in [3.8, 4) is 5.75 Å². The normalized spacial score (nSPS) is 21.4. The minimum atomic E-state index is -0.634. The summed E-state index contributed by atoms with van der Waals surface area (Å²) in [5, 5.41) is 11.3. The van der Waals surface area contributed by atoms with E-state index in [9.17, 15) is 14.7 Å². The van der Waals surface area contributed by atoms with E-state index >= 15 is 0 Å². The van der Waals surface area contributed by atoms with Crippen molar-refractivity contribution >= 4 is 17.4 Å². The molecule has 6 nitrogen and oxygen atoms in total. The third-order valence-electron chi connectivity index (χ3n) is 6.63. The molecule has 2 heterocycles. The number of fused-ring (bicyclic) bond motifs is 1. The maximum absolute atomic E-state index is 13.2. The minimum Gasteiger partial charge on any atom is -0.507 e. The first-order valence-electron chi connectivity index (χ1n) is 12.0.